The molecule has 9 heteroatoms. The zero-order valence-corrected chi connectivity index (χ0v) is 15.8. The van der Waals surface area contributed by atoms with Crippen molar-refractivity contribution in [3.63, 3.8) is 0 Å². The number of carbonyl (C=O) groups excluding carboxylic acids is 2. The van der Waals surface area contributed by atoms with Gasteiger partial charge in [-0.25, -0.2) is 0 Å². The van der Waals surface area contributed by atoms with Gasteiger partial charge in [0.15, 0.2) is 0 Å². The molecule has 30 heavy (non-hydrogen) atoms. The van der Waals surface area contributed by atoms with Gasteiger partial charge in [0.1, 0.15) is 5.69 Å². The minimum Gasteiger partial charge on any atom is -0.338 e. The number of nitrogens with zero attached hydrogens (tertiary/aromatic N) is 3. The van der Waals surface area contributed by atoms with Crippen LogP contribution < -0.4 is 10.2 Å². The smallest absolute Gasteiger partial charge is 0.338 e. The standard InChI is InChI=1S/C21H17F3N4O2/c1-13-12-28(16-6-4-14(5-7-16)21(22,23)24)20(30)18-17(8-10-27(13)18)19(29)26-15-3-2-9-25-11-15/h2-11,13H,12H2,1H3,(H,26,29)/t13-/m0/s1. The molecule has 0 unspecified atom stereocenters. The predicted molar refractivity (Wildman–Crippen MR) is 104 cm³/mol. The Kier molecular flexibility index (Phi) is 4.81. The van der Waals surface area contributed by atoms with Crippen LogP contribution in [0.2, 0.25) is 0 Å². The van der Waals surface area contributed by atoms with Gasteiger partial charge in [0.2, 0.25) is 0 Å². The molecule has 0 bridgehead atoms. The minimum absolute atomic E-state index is 0.167. The first-order valence-corrected chi connectivity index (χ1v) is 9.17. The molecule has 1 N–H and O–H groups in total. The van der Waals surface area contributed by atoms with Crippen molar-refractivity contribution in [2.24, 2.45) is 0 Å². The van der Waals surface area contributed by atoms with Crippen molar-refractivity contribution in [3.8, 4) is 0 Å². The summed E-state index contributed by atoms with van der Waals surface area (Å²) in [6.07, 6.45) is 0.270. The van der Waals surface area contributed by atoms with Crippen LogP contribution in [-0.2, 0) is 6.18 Å². The number of aromatic nitrogens is 2. The number of benzene rings is 1. The summed E-state index contributed by atoms with van der Waals surface area (Å²) >= 11 is 0. The van der Waals surface area contributed by atoms with Gasteiger partial charge in [0.25, 0.3) is 11.8 Å². The third kappa shape index (κ3) is 3.54. The summed E-state index contributed by atoms with van der Waals surface area (Å²) in [5.41, 5.74) is 0.412. The minimum atomic E-state index is -4.45. The number of rotatable bonds is 3. The number of halogens is 3. The Morgan fingerprint density at radius 3 is 2.53 bits per heavy atom. The van der Waals surface area contributed by atoms with Gasteiger partial charge in [-0.2, -0.15) is 13.2 Å². The maximum Gasteiger partial charge on any atom is 0.416 e. The van der Waals surface area contributed by atoms with Crippen LogP contribution in [0.1, 0.15) is 39.4 Å². The summed E-state index contributed by atoms with van der Waals surface area (Å²) in [4.78, 5) is 31.2. The molecule has 0 saturated carbocycles. The number of fused-ring (bicyclic) bond motifs is 1. The van der Waals surface area contributed by atoms with E-state index in [4.69, 9.17) is 0 Å². The van der Waals surface area contributed by atoms with Crippen LogP contribution in [-0.4, -0.2) is 27.9 Å². The lowest BCUT2D eigenvalue weighted by Gasteiger charge is -2.33. The van der Waals surface area contributed by atoms with Crippen molar-refractivity contribution in [1.29, 1.82) is 0 Å². The maximum absolute atomic E-state index is 13.2. The third-order valence-electron chi connectivity index (χ3n) is 4.95. The molecule has 0 aliphatic carbocycles. The van der Waals surface area contributed by atoms with E-state index in [1.54, 1.807) is 35.2 Å². The van der Waals surface area contributed by atoms with Crippen LogP contribution >= 0.6 is 0 Å². The van der Waals surface area contributed by atoms with Crippen molar-refractivity contribution in [3.05, 3.63) is 77.9 Å². The van der Waals surface area contributed by atoms with Crippen LogP contribution in [0.3, 0.4) is 0 Å². The van der Waals surface area contributed by atoms with E-state index in [-0.39, 0.29) is 23.8 Å². The van der Waals surface area contributed by atoms with Gasteiger partial charge < -0.3 is 14.8 Å². The number of anilines is 2. The Hall–Kier alpha value is -3.62. The Bertz CT molecular complexity index is 1090. The number of alkyl halides is 3. The van der Waals surface area contributed by atoms with E-state index < -0.39 is 23.6 Å². The molecule has 2 amide bonds. The molecule has 1 atom stereocenters. The molecule has 4 rings (SSSR count). The van der Waals surface area contributed by atoms with Crippen LogP contribution in [0.25, 0.3) is 0 Å². The molecule has 3 aromatic rings. The molecule has 1 aliphatic heterocycles. The van der Waals surface area contributed by atoms with Crippen molar-refractivity contribution < 1.29 is 22.8 Å². The van der Waals surface area contributed by atoms with E-state index in [2.05, 4.69) is 10.3 Å². The van der Waals surface area contributed by atoms with Crippen molar-refractivity contribution in [2.75, 3.05) is 16.8 Å². The molecule has 0 spiro atoms. The Labute approximate surface area is 169 Å². The average molecular weight is 414 g/mol. The lowest BCUT2D eigenvalue weighted by molar-refractivity contribution is -0.137. The van der Waals surface area contributed by atoms with E-state index in [1.165, 1.54) is 23.2 Å². The molecular weight excluding hydrogens is 397 g/mol. The number of nitrogens with one attached hydrogen (secondary N) is 1. The van der Waals surface area contributed by atoms with E-state index in [9.17, 15) is 22.8 Å². The Balaban J connectivity index is 1.65. The second-order valence-electron chi connectivity index (χ2n) is 6.99. The molecule has 0 saturated heterocycles. The van der Waals surface area contributed by atoms with E-state index in [1.807, 2.05) is 6.92 Å². The van der Waals surface area contributed by atoms with Crippen molar-refractivity contribution in [1.82, 2.24) is 9.55 Å². The second kappa shape index (κ2) is 7.33. The first-order chi connectivity index (χ1) is 14.3. The quantitative estimate of drug-likeness (QED) is 0.692. The molecule has 2 aromatic heterocycles. The van der Waals surface area contributed by atoms with Gasteiger partial charge in [0.05, 0.1) is 23.0 Å². The topological polar surface area (TPSA) is 67.2 Å². The van der Waals surface area contributed by atoms with E-state index in [0.29, 0.717) is 11.4 Å². The second-order valence-corrected chi connectivity index (χ2v) is 6.99. The van der Waals surface area contributed by atoms with Crippen LogP contribution in [0.5, 0.6) is 0 Å². The van der Waals surface area contributed by atoms with Gasteiger partial charge in [-0.05, 0) is 49.4 Å². The van der Waals surface area contributed by atoms with Crippen molar-refractivity contribution >= 4 is 23.2 Å². The van der Waals surface area contributed by atoms with E-state index >= 15 is 0 Å². The average Bonchev–Trinajstić information content (AvgIpc) is 3.17. The molecule has 154 valence electrons. The third-order valence-corrected chi connectivity index (χ3v) is 4.95. The molecule has 3 heterocycles. The summed E-state index contributed by atoms with van der Waals surface area (Å²) in [6.45, 7) is 2.14. The molecule has 6 nitrogen and oxygen atoms in total. The highest BCUT2D eigenvalue weighted by molar-refractivity contribution is 6.16. The highest BCUT2D eigenvalue weighted by Gasteiger charge is 2.35. The number of pyridine rings is 1. The number of carbonyl (C=O) groups is 2. The molecule has 0 radical (unpaired) electrons. The monoisotopic (exact) mass is 414 g/mol. The SMILES string of the molecule is C[C@H]1CN(c2ccc(C(F)(F)F)cc2)C(=O)c2c(C(=O)Nc3cccnc3)ccn21. The normalized spacial score (nSPS) is 16.3. The fraction of sp³-hybridized carbons (Fsp3) is 0.190. The summed E-state index contributed by atoms with van der Waals surface area (Å²) in [5, 5.41) is 2.70. The van der Waals surface area contributed by atoms with Crippen LogP contribution in [0.15, 0.2) is 61.1 Å². The summed E-state index contributed by atoms with van der Waals surface area (Å²) < 4.78 is 40.2. The van der Waals surface area contributed by atoms with Gasteiger partial charge in [-0.3, -0.25) is 14.6 Å². The van der Waals surface area contributed by atoms with Crippen molar-refractivity contribution in [2.45, 2.75) is 19.1 Å². The fourth-order valence-corrected chi connectivity index (χ4v) is 3.47. The lowest BCUT2D eigenvalue weighted by Crippen LogP contribution is -2.43. The van der Waals surface area contributed by atoms with Gasteiger partial charge in [-0.15, -0.1) is 0 Å². The zero-order chi connectivity index (χ0) is 21.5. The lowest BCUT2D eigenvalue weighted by atomic mass is 10.1. The Morgan fingerprint density at radius 2 is 1.90 bits per heavy atom. The molecule has 0 fully saturated rings. The number of hydrogen-bond acceptors (Lipinski definition) is 3. The zero-order valence-electron chi connectivity index (χ0n) is 15.8. The first-order valence-electron chi connectivity index (χ1n) is 9.17. The first kappa shape index (κ1) is 19.7. The summed E-state index contributed by atoms with van der Waals surface area (Å²) in [6, 6.07) is 9.15. The largest absolute Gasteiger partial charge is 0.416 e. The highest BCUT2D eigenvalue weighted by Crippen LogP contribution is 2.33. The van der Waals surface area contributed by atoms with Gasteiger partial charge in [0, 0.05) is 30.7 Å². The fourth-order valence-electron chi connectivity index (χ4n) is 3.47. The highest BCUT2D eigenvalue weighted by atomic mass is 19.4. The molecular formula is C21H17F3N4O2. The number of hydrogen-bond donors (Lipinski definition) is 1. The van der Waals surface area contributed by atoms with Crippen LogP contribution in [0.4, 0.5) is 24.5 Å². The number of amides is 2. The molecule has 1 aliphatic rings. The summed E-state index contributed by atoms with van der Waals surface area (Å²) in [5.74, 6) is -0.916. The van der Waals surface area contributed by atoms with E-state index in [0.717, 1.165) is 12.1 Å². The van der Waals surface area contributed by atoms with Crippen LogP contribution in [0, 0.1) is 0 Å². The molecule has 1 aromatic carbocycles. The maximum atomic E-state index is 13.2. The Morgan fingerprint density at radius 1 is 1.17 bits per heavy atom. The predicted octanol–water partition coefficient (Wildman–Crippen LogP) is 4.38. The summed E-state index contributed by atoms with van der Waals surface area (Å²) in [7, 11) is 0. The van der Waals surface area contributed by atoms with Gasteiger partial charge in [-0.1, -0.05) is 0 Å². The van der Waals surface area contributed by atoms with Gasteiger partial charge >= 0.3 is 6.18 Å².